The number of aromatic nitrogens is 1. The Bertz CT molecular complexity index is 398. The van der Waals surface area contributed by atoms with Crippen LogP contribution in [-0.4, -0.2) is 28.1 Å². The predicted molar refractivity (Wildman–Crippen MR) is 69.2 cm³/mol. The SMILES string of the molecule is CC1CCC(O)(CNC(=O)c2cccnc2)CC1. The average Bonchev–Trinajstić information content (AvgIpc) is 2.41. The number of pyridine rings is 1. The summed E-state index contributed by atoms with van der Waals surface area (Å²) in [5.41, 5.74) is -0.199. The van der Waals surface area contributed by atoms with Gasteiger partial charge >= 0.3 is 0 Å². The van der Waals surface area contributed by atoms with Crippen LogP contribution in [0, 0.1) is 5.92 Å². The summed E-state index contributed by atoms with van der Waals surface area (Å²) < 4.78 is 0. The van der Waals surface area contributed by atoms with Crippen LogP contribution < -0.4 is 5.32 Å². The Morgan fingerprint density at radius 1 is 1.56 bits per heavy atom. The molecule has 0 spiro atoms. The number of carbonyl (C=O) groups excluding carboxylic acids is 1. The van der Waals surface area contributed by atoms with Gasteiger partial charge in [-0.2, -0.15) is 0 Å². The van der Waals surface area contributed by atoms with Crippen LogP contribution in [0.3, 0.4) is 0 Å². The molecule has 4 nitrogen and oxygen atoms in total. The van der Waals surface area contributed by atoms with Gasteiger partial charge in [0.15, 0.2) is 0 Å². The van der Waals surface area contributed by atoms with Crippen molar-refractivity contribution in [2.75, 3.05) is 6.54 Å². The summed E-state index contributed by atoms with van der Waals surface area (Å²) in [6, 6.07) is 3.45. The molecule has 1 aliphatic carbocycles. The molecule has 0 aromatic carbocycles. The largest absolute Gasteiger partial charge is 0.388 e. The minimum atomic E-state index is -0.732. The number of rotatable bonds is 3. The first-order valence-corrected chi connectivity index (χ1v) is 6.50. The van der Waals surface area contributed by atoms with Gasteiger partial charge in [-0.3, -0.25) is 9.78 Å². The van der Waals surface area contributed by atoms with Gasteiger partial charge in [-0.05, 0) is 43.7 Å². The van der Waals surface area contributed by atoms with Gasteiger partial charge in [0.25, 0.3) is 5.91 Å². The summed E-state index contributed by atoms with van der Waals surface area (Å²) in [5, 5.41) is 13.1. The van der Waals surface area contributed by atoms with Gasteiger partial charge in [-0.1, -0.05) is 6.92 Å². The van der Waals surface area contributed by atoms with Crippen molar-refractivity contribution in [2.24, 2.45) is 5.92 Å². The van der Waals surface area contributed by atoms with Crippen molar-refractivity contribution in [1.29, 1.82) is 0 Å². The predicted octanol–water partition coefficient (Wildman–Crippen LogP) is 1.75. The van der Waals surface area contributed by atoms with E-state index < -0.39 is 5.60 Å². The molecule has 1 amide bonds. The Labute approximate surface area is 107 Å². The molecule has 1 aromatic heterocycles. The van der Waals surface area contributed by atoms with Crippen LogP contribution >= 0.6 is 0 Å². The first-order chi connectivity index (χ1) is 8.59. The summed E-state index contributed by atoms with van der Waals surface area (Å²) in [4.78, 5) is 15.7. The van der Waals surface area contributed by atoms with Gasteiger partial charge in [0.1, 0.15) is 0 Å². The Morgan fingerprint density at radius 2 is 2.28 bits per heavy atom. The Hall–Kier alpha value is -1.42. The third-order valence-electron chi connectivity index (χ3n) is 3.71. The Morgan fingerprint density at radius 3 is 2.89 bits per heavy atom. The molecule has 0 aliphatic heterocycles. The molecule has 4 heteroatoms. The molecule has 1 fully saturated rings. The van der Waals surface area contributed by atoms with Gasteiger partial charge in [-0.25, -0.2) is 0 Å². The van der Waals surface area contributed by atoms with E-state index >= 15 is 0 Å². The summed E-state index contributed by atoms with van der Waals surface area (Å²) in [6.45, 7) is 2.53. The van der Waals surface area contributed by atoms with Crippen LogP contribution in [0.1, 0.15) is 43.0 Å². The molecule has 98 valence electrons. The highest BCUT2D eigenvalue weighted by molar-refractivity contribution is 5.93. The molecular formula is C14H20N2O2. The first kappa shape index (κ1) is 13.0. The number of nitrogens with zero attached hydrogens (tertiary/aromatic N) is 1. The fourth-order valence-corrected chi connectivity index (χ4v) is 2.32. The summed E-state index contributed by atoms with van der Waals surface area (Å²) in [5.74, 6) is 0.509. The number of hydrogen-bond acceptors (Lipinski definition) is 3. The van der Waals surface area contributed by atoms with Crippen molar-refractivity contribution in [2.45, 2.75) is 38.2 Å². The molecule has 18 heavy (non-hydrogen) atoms. The van der Waals surface area contributed by atoms with Gasteiger partial charge in [-0.15, -0.1) is 0 Å². The summed E-state index contributed by atoms with van der Waals surface area (Å²) in [6.07, 6.45) is 6.75. The molecule has 1 heterocycles. The molecule has 0 bridgehead atoms. The molecule has 0 saturated heterocycles. The van der Waals surface area contributed by atoms with Crippen molar-refractivity contribution in [1.82, 2.24) is 10.3 Å². The molecule has 1 aromatic rings. The maximum atomic E-state index is 11.8. The topological polar surface area (TPSA) is 62.2 Å². The zero-order chi connectivity index (χ0) is 13.0. The number of hydrogen-bond donors (Lipinski definition) is 2. The Balaban J connectivity index is 1.86. The maximum Gasteiger partial charge on any atom is 0.252 e. The smallest absolute Gasteiger partial charge is 0.252 e. The van der Waals surface area contributed by atoms with Crippen LogP contribution in [0.4, 0.5) is 0 Å². The lowest BCUT2D eigenvalue weighted by Crippen LogP contribution is -2.45. The van der Waals surface area contributed by atoms with Crippen molar-refractivity contribution in [3.63, 3.8) is 0 Å². The zero-order valence-electron chi connectivity index (χ0n) is 10.7. The van der Waals surface area contributed by atoms with E-state index in [9.17, 15) is 9.90 Å². The number of amides is 1. The highest BCUT2D eigenvalue weighted by Crippen LogP contribution is 2.31. The van der Waals surface area contributed by atoms with Crippen molar-refractivity contribution >= 4 is 5.91 Å². The summed E-state index contributed by atoms with van der Waals surface area (Å²) in [7, 11) is 0. The standard InChI is InChI=1S/C14H20N2O2/c1-11-4-6-14(18,7-5-11)10-16-13(17)12-3-2-8-15-9-12/h2-3,8-9,11,18H,4-7,10H2,1H3,(H,16,17). The fourth-order valence-electron chi connectivity index (χ4n) is 2.32. The molecular weight excluding hydrogens is 228 g/mol. The van der Waals surface area contributed by atoms with E-state index in [0.29, 0.717) is 18.0 Å². The highest BCUT2D eigenvalue weighted by atomic mass is 16.3. The molecule has 1 saturated carbocycles. The van der Waals surface area contributed by atoms with E-state index in [1.165, 1.54) is 6.20 Å². The monoisotopic (exact) mass is 248 g/mol. The maximum absolute atomic E-state index is 11.8. The highest BCUT2D eigenvalue weighted by Gasteiger charge is 2.32. The third-order valence-corrected chi connectivity index (χ3v) is 3.71. The second kappa shape index (κ2) is 5.48. The van der Waals surface area contributed by atoms with E-state index in [2.05, 4.69) is 17.2 Å². The van der Waals surface area contributed by atoms with Crippen LogP contribution in [0.2, 0.25) is 0 Å². The quantitative estimate of drug-likeness (QED) is 0.856. The lowest BCUT2D eigenvalue weighted by Gasteiger charge is -2.34. The van der Waals surface area contributed by atoms with E-state index in [4.69, 9.17) is 0 Å². The third kappa shape index (κ3) is 3.29. The van der Waals surface area contributed by atoms with E-state index in [0.717, 1.165) is 25.7 Å². The van der Waals surface area contributed by atoms with Crippen molar-refractivity contribution < 1.29 is 9.90 Å². The van der Waals surface area contributed by atoms with Crippen molar-refractivity contribution in [3.8, 4) is 0 Å². The van der Waals surface area contributed by atoms with E-state index in [-0.39, 0.29) is 5.91 Å². The van der Waals surface area contributed by atoms with Gasteiger partial charge in [0, 0.05) is 18.9 Å². The second-order valence-corrected chi connectivity index (χ2v) is 5.33. The minimum Gasteiger partial charge on any atom is -0.388 e. The zero-order valence-corrected chi connectivity index (χ0v) is 10.7. The van der Waals surface area contributed by atoms with Crippen LogP contribution in [0.15, 0.2) is 24.5 Å². The summed E-state index contributed by atoms with van der Waals surface area (Å²) >= 11 is 0. The van der Waals surface area contributed by atoms with Crippen molar-refractivity contribution in [3.05, 3.63) is 30.1 Å². The van der Waals surface area contributed by atoms with Gasteiger partial charge < -0.3 is 10.4 Å². The molecule has 2 N–H and O–H groups in total. The lowest BCUT2D eigenvalue weighted by molar-refractivity contribution is -0.00540. The average molecular weight is 248 g/mol. The Kier molecular flexibility index (Phi) is 3.97. The molecule has 2 rings (SSSR count). The van der Waals surface area contributed by atoms with E-state index in [1.807, 2.05) is 0 Å². The molecule has 1 aliphatic rings. The number of carbonyl (C=O) groups is 1. The van der Waals surface area contributed by atoms with E-state index in [1.54, 1.807) is 18.3 Å². The van der Waals surface area contributed by atoms with Crippen LogP contribution in [-0.2, 0) is 0 Å². The number of aliphatic hydroxyl groups is 1. The lowest BCUT2D eigenvalue weighted by atomic mass is 9.79. The second-order valence-electron chi connectivity index (χ2n) is 5.33. The molecule has 0 unspecified atom stereocenters. The normalized spacial score (nSPS) is 27.8. The first-order valence-electron chi connectivity index (χ1n) is 6.50. The van der Waals surface area contributed by atoms with Crippen LogP contribution in [0.25, 0.3) is 0 Å². The van der Waals surface area contributed by atoms with Gasteiger partial charge in [0.05, 0.1) is 11.2 Å². The molecule has 0 atom stereocenters. The minimum absolute atomic E-state index is 0.171. The molecule has 0 radical (unpaired) electrons. The number of nitrogens with one attached hydrogen (secondary N) is 1. The van der Waals surface area contributed by atoms with Crippen LogP contribution in [0.5, 0.6) is 0 Å². The fraction of sp³-hybridized carbons (Fsp3) is 0.571. The van der Waals surface area contributed by atoms with Gasteiger partial charge in [0.2, 0.25) is 0 Å².